The van der Waals surface area contributed by atoms with E-state index in [1.54, 1.807) is 36.0 Å². The second-order valence-electron chi connectivity index (χ2n) is 8.41. The van der Waals surface area contributed by atoms with Gasteiger partial charge in [-0.05, 0) is 43.7 Å². The lowest BCUT2D eigenvalue weighted by Crippen LogP contribution is -2.38. The molecule has 1 aliphatic heterocycles. The molecule has 3 atom stereocenters. The number of aryl methyl sites for hydroxylation is 2. The molecule has 0 aromatic heterocycles. The predicted molar refractivity (Wildman–Crippen MR) is 133 cm³/mol. The zero-order valence-corrected chi connectivity index (χ0v) is 20.1. The van der Waals surface area contributed by atoms with Gasteiger partial charge in [0.25, 0.3) is 0 Å². The van der Waals surface area contributed by atoms with Gasteiger partial charge in [0.05, 0.1) is 23.0 Å². The number of hydrogen-bond acceptors (Lipinski definition) is 6. The minimum absolute atomic E-state index is 0.133. The van der Waals surface area contributed by atoms with Crippen molar-refractivity contribution in [1.29, 1.82) is 0 Å². The topological polar surface area (TPSA) is 61.8 Å². The van der Waals surface area contributed by atoms with Crippen molar-refractivity contribution in [3.8, 4) is 0 Å². The summed E-state index contributed by atoms with van der Waals surface area (Å²) < 4.78 is 17.7. The first kappa shape index (κ1) is 24.0. The number of carbonyl (C=O) groups excluding carboxylic acids is 2. The first-order valence-corrected chi connectivity index (χ1v) is 12.3. The molecule has 0 aliphatic carbocycles. The van der Waals surface area contributed by atoms with Gasteiger partial charge in [-0.25, -0.2) is 9.59 Å². The normalized spacial score (nSPS) is 19.5. The van der Waals surface area contributed by atoms with Gasteiger partial charge in [0.1, 0.15) is 18.8 Å². The summed E-state index contributed by atoms with van der Waals surface area (Å²) >= 11 is 1.59. The van der Waals surface area contributed by atoms with Gasteiger partial charge in [0.2, 0.25) is 0 Å². The number of hydrogen-bond donors (Lipinski definition) is 0. The van der Waals surface area contributed by atoms with Crippen LogP contribution >= 0.6 is 11.8 Å². The molecule has 0 amide bonds. The van der Waals surface area contributed by atoms with Gasteiger partial charge < -0.3 is 14.2 Å². The Labute approximate surface area is 204 Å². The van der Waals surface area contributed by atoms with Crippen LogP contribution < -0.4 is 0 Å². The van der Waals surface area contributed by atoms with Crippen LogP contribution in [-0.2, 0) is 20.8 Å². The van der Waals surface area contributed by atoms with Crippen LogP contribution in [0.25, 0.3) is 0 Å². The van der Waals surface area contributed by atoms with Crippen LogP contribution in [0.15, 0.2) is 78.9 Å². The summed E-state index contributed by atoms with van der Waals surface area (Å²) in [6.07, 6.45) is -0.837. The average Bonchev–Trinajstić information content (AvgIpc) is 3.23. The lowest BCUT2D eigenvalue weighted by atomic mass is 10.1. The van der Waals surface area contributed by atoms with Crippen LogP contribution in [0, 0.1) is 13.8 Å². The van der Waals surface area contributed by atoms with Crippen molar-refractivity contribution in [2.24, 2.45) is 0 Å². The van der Waals surface area contributed by atoms with Crippen molar-refractivity contribution >= 4 is 23.7 Å². The van der Waals surface area contributed by atoms with E-state index < -0.39 is 18.0 Å². The SMILES string of the molecule is Cc1ccc(C(=O)OC[C@H]2SC[C@@H](OCc3ccccc3)[C@H]2OC(=O)c2ccc(C)cc2)cc1. The molecule has 1 fully saturated rings. The quantitative estimate of drug-likeness (QED) is 0.407. The van der Waals surface area contributed by atoms with Crippen LogP contribution in [0.2, 0.25) is 0 Å². The summed E-state index contributed by atoms with van der Waals surface area (Å²) in [5.41, 5.74) is 4.17. The molecule has 6 heteroatoms. The van der Waals surface area contributed by atoms with Gasteiger partial charge in [0.15, 0.2) is 0 Å². The third-order valence-corrected chi connectivity index (χ3v) is 7.06. The Morgan fingerprint density at radius 2 is 1.41 bits per heavy atom. The Kier molecular flexibility index (Phi) is 8.03. The fourth-order valence-corrected chi connectivity index (χ4v) is 4.98. The fraction of sp³-hybridized carbons (Fsp3) is 0.286. The van der Waals surface area contributed by atoms with E-state index in [2.05, 4.69) is 0 Å². The van der Waals surface area contributed by atoms with E-state index in [4.69, 9.17) is 14.2 Å². The highest BCUT2D eigenvalue weighted by molar-refractivity contribution is 8.00. The Morgan fingerprint density at radius 3 is 2.03 bits per heavy atom. The second-order valence-corrected chi connectivity index (χ2v) is 9.68. The molecule has 3 aromatic carbocycles. The highest BCUT2D eigenvalue weighted by Crippen LogP contribution is 2.33. The summed E-state index contributed by atoms with van der Waals surface area (Å²) in [5.74, 6) is -0.153. The summed E-state index contributed by atoms with van der Waals surface area (Å²) in [6, 6.07) is 24.4. The van der Waals surface area contributed by atoms with Gasteiger partial charge in [-0.2, -0.15) is 0 Å². The Morgan fingerprint density at radius 1 is 0.824 bits per heavy atom. The molecule has 0 spiro atoms. The van der Waals surface area contributed by atoms with Gasteiger partial charge in [0, 0.05) is 5.75 Å². The highest BCUT2D eigenvalue weighted by Gasteiger charge is 2.41. The minimum atomic E-state index is -0.534. The van der Waals surface area contributed by atoms with Crippen molar-refractivity contribution in [3.05, 3.63) is 107 Å². The van der Waals surface area contributed by atoms with Crippen LogP contribution in [0.3, 0.4) is 0 Å². The molecule has 3 aromatic rings. The minimum Gasteiger partial charge on any atom is -0.461 e. The predicted octanol–water partition coefficient (Wildman–Crippen LogP) is 5.39. The van der Waals surface area contributed by atoms with Crippen LogP contribution in [-0.4, -0.2) is 41.8 Å². The molecular formula is C28H28O5S. The molecule has 0 radical (unpaired) electrons. The number of ether oxygens (including phenoxy) is 3. The standard InChI is InChI=1S/C28H28O5S/c1-19-8-12-22(13-9-19)27(29)32-17-25-26(33-28(30)23-14-10-20(2)11-15-23)24(18-34-25)31-16-21-6-4-3-5-7-21/h3-15,24-26H,16-18H2,1-2H3/t24-,25-,26-/m1/s1. The fourth-order valence-electron chi connectivity index (χ4n) is 3.67. The lowest BCUT2D eigenvalue weighted by molar-refractivity contribution is -0.0484. The number of rotatable bonds is 8. The molecule has 1 heterocycles. The summed E-state index contributed by atoms with van der Waals surface area (Å²) in [5, 5.41) is -0.218. The first-order chi connectivity index (χ1) is 16.5. The van der Waals surface area contributed by atoms with E-state index >= 15 is 0 Å². The molecule has 4 rings (SSSR count). The average molecular weight is 477 g/mol. The summed E-state index contributed by atoms with van der Waals surface area (Å²) in [4.78, 5) is 25.4. The maximum absolute atomic E-state index is 12.9. The van der Waals surface area contributed by atoms with Crippen molar-refractivity contribution in [1.82, 2.24) is 0 Å². The zero-order valence-electron chi connectivity index (χ0n) is 19.3. The molecule has 1 saturated heterocycles. The van der Waals surface area contributed by atoms with Gasteiger partial charge in [-0.1, -0.05) is 65.7 Å². The molecule has 5 nitrogen and oxygen atoms in total. The van der Waals surface area contributed by atoms with Crippen molar-refractivity contribution < 1.29 is 23.8 Å². The number of esters is 2. The Hall–Kier alpha value is -3.09. The molecule has 176 valence electrons. The van der Waals surface area contributed by atoms with E-state index in [9.17, 15) is 9.59 Å². The maximum Gasteiger partial charge on any atom is 0.338 e. The summed E-state index contributed by atoms with van der Waals surface area (Å²) in [6.45, 7) is 4.48. The maximum atomic E-state index is 12.9. The third kappa shape index (κ3) is 6.27. The summed E-state index contributed by atoms with van der Waals surface area (Å²) in [7, 11) is 0. The molecule has 0 N–H and O–H groups in total. The molecular weight excluding hydrogens is 448 g/mol. The Bertz CT molecular complexity index is 1100. The number of carbonyl (C=O) groups is 2. The lowest BCUT2D eigenvalue weighted by Gasteiger charge is -2.24. The second kappa shape index (κ2) is 11.4. The monoisotopic (exact) mass is 476 g/mol. The van der Waals surface area contributed by atoms with Crippen molar-refractivity contribution in [3.63, 3.8) is 0 Å². The van der Waals surface area contributed by atoms with Gasteiger partial charge in [-0.3, -0.25) is 0 Å². The van der Waals surface area contributed by atoms with E-state index in [1.165, 1.54) is 0 Å². The molecule has 0 saturated carbocycles. The largest absolute Gasteiger partial charge is 0.461 e. The van der Waals surface area contributed by atoms with Crippen molar-refractivity contribution in [2.45, 2.75) is 37.9 Å². The van der Waals surface area contributed by atoms with E-state index in [0.717, 1.165) is 16.7 Å². The Balaban J connectivity index is 1.43. The van der Waals surface area contributed by atoms with Gasteiger partial charge >= 0.3 is 11.9 Å². The molecule has 1 aliphatic rings. The van der Waals surface area contributed by atoms with Crippen molar-refractivity contribution in [2.75, 3.05) is 12.4 Å². The smallest absolute Gasteiger partial charge is 0.338 e. The number of benzene rings is 3. The van der Waals surface area contributed by atoms with Crippen LogP contribution in [0.5, 0.6) is 0 Å². The highest BCUT2D eigenvalue weighted by atomic mass is 32.2. The molecule has 0 bridgehead atoms. The number of thioether (sulfide) groups is 1. The molecule has 34 heavy (non-hydrogen) atoms. The first-order valence-electron chi connectivity index (χ1n) is 11.3. The van der Waals surface area contributed by atoms with E-state index in [1.807, 2.05) is 68.4 Å². The molecule has 0 unspecified atom stereocenters. The zero-order chi connectivity index (χ0) is 23.9. The van der Waals surface area contributed by atoms with Crippen LogP contribution in [0.1, 0.15) is 37.4 Å². The van der Waals surface area contributed by atoms with Gasteiger partial charge in [-0.15, -0.1) is 11.8 Å². The van der Waals surface area contributed by atoms with Crippen LogP contribution in [0.4, 0.5) is 0 Å². The third-order valence-electron chi connectivity index (χ3n) is 5.71. The van der Waals surface area contributed by atoms with E-state index in [0.29, 0.717) is 23.5 Å². The van der Waals surface area contributed by atoms with E-state index in [-0.39, 0.29) is 18.0 Å².